The molecule has 1 aliphatic rings. The summed E-state index contributed by atoms with van der Waals surface area (Å²) in [7, 11) is -2.06. The Kier molecular flexibility index (Phi) is 6.95. The third kappa shape index (κ3) is 5.16. The van der Waals surface area contributed by atoms with Crippen LogP contribution in [0.2, 0.25) is 0 Å². The second-order valence-corrected chi connectivity index (χ2v) is 7.71. The molecule has 0 atom stereocenters. The highest BCUT2D eigenvalue weighted by molar-refractivity contribution is 7.89. The Morgan fingerprint density at radius 1 is 1.19 bits per heavy atom. The first kappa shape index (κ1) is 20.1. The maximum Gasteiger partial charge on any atom is 0.414 e. The molecule has 0 radical (unpaired) electrons. The highest BCUT2D eigenvalue weighted by Crippen LogP contribution is 2.19. The Labute approximate surface area is 152 Å². The number of sulfonamides is 1. The number of methoxy groups -OCH3 is 1. The number of hydrogen-bond donors (Lipinski definition) is 2. The molecule has 1 aromatic carbocycles. The summed E-state index contributed by atoms with van der Waals surface area (Å²) in [6.07, 6.45) is -0.766. The van der Waals surface area contributed by atoms with Crippen LogP contribution in [0.3, 0.4) is 0 Å². The van der Waals surface area contributed by atoms with Gasteiger partial charge in [0.15, 0.2) is 6.54 Å². The summed E-state index contributed by atoms with van der Waals surface area (Å²) < 4.78 is 36.4. The van der Waals surface area contributed by atoms with Gasteiger partial charge in [-0.25, -0.2) is 13.2 Å². The van der Waals surface area contributed by atoms with E-state index in [1.54, 1.807) is 19.1 Å². The lowest BCUT2D eigenvalue weighted by Crippen LogP contribution is -3.15. The number of amides is 2. The summed E-state index contributed by atoms with van der Waals surface area (Å²) in [6.45, 7) is 3.49. The molecule has 0 bridgehead atoms. The van der Waals surface area contributed by atoms with Gasteiger partial charge in [-0.15, -0.1) is 0 Å². The van der Waals surface area contributed by atoms with Crippen molar-refractivity contribution < 1.29 is 32.4 Å². The zero-order chi connectivity index (χ0) is 19.2. The zero-order valence-corrected chi connectivity index (χ0v) is 15.7. The van der Waals surface area contributed by atoms with Gasteiger partial charge in [0.05, 0.1) is 44.8 Å². The van der Waals surface area contributed by atoms with E-state index >= 15 is 0 Å². The van der Waals surface area contributed by atoms with Crippen LogP contribution in [0.5, 0.6) is 5.75 Å². The summed E-state index contributed by atoms with van der Waals surface area (Å²) in [6, 6.07) is 6.24. The fourth-order valence-corrected chi connectivity index (χ4v) is 4.11. The largest absolute Gasteiger partial charge is 0.497 e. The molecule has 0 aromatic heterocycles. The molecule has 1 saturated heterocycles. The van der Waals surface area contributed by atoms with Gasteiger partial charge < -0.3 is 14.4 Å². The van der Waals surface area contributed by atoms with E-state index in [1.165, 1.54) is 23.5 Å². The van der Waals surface area contributed by atoms with Crippen LogP contribution in [0.15, 0.2) is 29.2 Å². The molecule has 0 unspecified atom stereocenters. The number of quaternary nitrogens is 1. The number of benzene rings is 1. The second-order valence-electron chi connectivity index (χ2n) is 5.78. The van der Waals surface area contributed by atoms with Crippen LogP contribution in [0.25, 0.3) is 0 Å². The van der Waals surface area contributed by atoms with E-state index in [4.69, 9.17) is 4.74 Å². The molecular weight excluding hydrogens is 362 g/mol. The van der Waals surface area contributed by atoms with Crippen LogP contribution < -0.4 is 15.0 Å². The van der Waals surface area contributed by atoms with Crippen molar-refractivity contribution in [3.63, 3.8) is 0 Å². The van der Waals surface area contributed by atoms with Gasteiger partial charge in [0, 0.05) is 0 Å². The van der Waals surface area contributed by atoms with E-state index in [0.717, 1.165) is 4.90 Å². The molecule has 1 fully saturated rings. The summed E-state index contributed by atoms with van der Waals surface area (Å²) in [4.78, 5) is 24.1. The lowest BCUT2D eigenvalue weighted by atomic mass is 10.3. The maximum absolute atomic E-state index is 12.7. The molecule has 1 heterocycles. The van der Waals surface area contributed by atoms with E-state index in [9.17, 15) is 18.0 Å². The summed E-state index contributed by atoms with van der Waals surface area (Å²) in [5, 5.41) is 2.14. The molecule has 0 aliphatic carbocycles. The van der Waals surface area contributed by atoms with E-state index in [1.807, 2.05) is 0 Å². The van der Waals surface area contributed by atoms with Gasteiger partial charge in [0.1, 0.15) is 5.75 Å². The first-order valence-corrected chi connectivity index (χ1v) is 9.75. The number of hydrogen-bond acceptors (Lipinski definition) is 6. The quantitative estimate of drug-likeness (QED) is 0.640. The normalized spacial score (nSPS) is 16.1. The molecule has 10 heteroatoms. The number of carbonyl (C=O) groups is 2. The molecule has 2 N–H and O–H groups in total. The molecular formula is C16H24N3O6S+. The number of rotatable bonds is 6. The van der Waals surface area contributed by atoms with Crippen LogP contribution >= 0.6 is 0 Å². The molecule has 0 saturated carbocycles. The van der Waals surface area contributed by atoms with Gasteiger partial charge in [-0.2, -0.15) is 4.31 Å². The van der Waals surface area contributed by atoms with E-state index in [2.05, 4.69) is 10.1 Å². The standard InChI is InChI=1S/C16H23N3O6S/c1-3-25-16(21)17-15(20)12-18-8-10-19(11-9-18)26(22,23)14-6-4-13(24-2)5-7-14/h4-7H,3,8-12H2,1-2H3,(H,17,20,21)/p+1. The molecule has 0 spiro atoms. The minimum atomic E-state index is -3.58. The summed E-state index contributed by atoms with van der Waals surface area (Å²) in [5.74, 6) is 0.149. The fourth-order valence-electron chi connectivity index (χ4n) is 2.67. The number of piperazine rings is 1. The van der Waals surface area contributed by atoms with Crippen molar-refractivity contribution in [1.29, 1.82) is 0 Å². The molecule has 1 aromatic rings. The zero-order valence-electron chi connectivity index (χ0n) is 14.9. The number of nitrogens with zero attached hydrogens (tertiary/aromatic N) is 1. The predicted molar refractivity (Wildman–Crippen MR) is 92.5 cm³/mol. The molecule has 2 rings (SSSR count). The topological polar surface area (TPSA) is 106 Å². The van der Waals surface area contributed by atoms with Crippen molar-refractivity contribution in [2.24, 2.45) is 0 Å². The van der Waals surface area contributed by atoms with Gasteiger partial charge in [-0.05, 0) is 31.2 Å². The fraction of sp³-hybridized carbons (Fsp3) is 0.500. The summed E-state index contributed by atoms with van der Waals surface area (Å²) >= 11 is 0. The number of imide groups is 1. The SMILES string of the molecule is CCOC(=O)NC(=O)C[NH+]1CCN(S(=O)(=O)c2ccc(OC)cc2)CC1. The third-order valence-corrected chi connectivity index (χ3v) is 5.97. The highest BCUT2D eigenvalue weighted by Gasteiger charge is 2.31. The minimum Gasteiger partial charge on any atom is -0.497 e. The second kappa shape index (κ2) is 8.97. The minimum absolute atomic E-state index is 0.0925. The van der Waals surface area contributed by atoms with Crippen molar-refractivity contribution >= 4 is 22.0 Å². The number of ether oxygens (including phenoxy) is 2. The van der Waals surface area contributed by atoms with Crippen molar-refractivity contribution in [3.05, 3.63) is 24.3 Å². The van der Waals surface area contributed by atoms with E-state index in [0.29, 0.717) is 31.9 Å². The average Bonchev–Trinajstić information content (AvgIpc) is 2.62. The molecule has 144 valence electrons. The molecule has 1 aliphatic heterocycles. The van der Waals surface area contributed by atoms with Crippen LogP contribution in [0, 0.1) is 0 Å². The monoisotopic (exact) mass is 386 g/mol. The third-order valence-electron chi connectivity index (χ3n) is 4.05. The Bertz CT molecular complexity index is 727. The van der Waals surface area contributed by atoms with E-state index in [-0.39, 0.29) is 18.0 Å². The Balaban J connectivity index is 1.88. The van der Waals surface area contributed by atoms with Gasteiger partial charge >= 0.3 is 6.09 Å². The van der Waals surface area contributed by atoms with Crippen LogP contribution in [-0.2, 0) is 19.6 Å². The van der Waals surface area contributed by atoms with Crippen molar-refractivity contribution in [2.75, 3.05) is 46.4 Å². The lowest BCUT2D eigenvalue weighted by Gasteiger charge is -2.31. The Hall–Kier alpha value is -2.17. The van der Waals surface area contributed by atoms with Crippen LogP contribution in [0.4, 0.5) is 4.79 Å². The maximum atomic E-state index is 12.7. The molecule has 2 amide bonds. The Morgan fingerprint density at radius 2 is 1.81 bits per heavy atom. The first-order chi connectivity index (χ1) is 12.4. The van der Waals surface area contributed by atoms with Crippen molar-refractivity contribution in [1.82, 2.24) is 9.62 Å². The number of carbonyl (C=O) groups excluding carboxylic acids is 2. The lowest BCUT2D eigenvalue weighted by molar-refractivity contribution is -0.895. The molecule has 9 nitrogen and oxygen atoms in total. The van der Waals surface area contributed by atoms with Crippen molar-refractivity contribution in [3.8, 4) is 5.75 Å². The number of nitrogens with one attached hydrogen (secondary N) is 2. The van der Waals surface area contributed by atoms with Crippen LogP contribution in [-0.4, -0.2) is 71.2 Å². The number of alkyl carbamates (subject to hydrolysis) is 1. The van der Waals surface area contributed by atoms with Crippen LogP contribution in [0.1, 0.15) is 6.92 Å². The van der Waals surface area contributed by atoms with Gasteiger partial charge in [-0.1, -0.05) is 0 Å². The van der Waals surface area contributed by atoms with Gasteiger partial charge in [-0.3, -0.25) is 10.1 Å². The Morgan fingerprint density at radius 3 is 2.35 bits per heavy atom. The summed E-state index contributed by atoms with van der Waals surface area (Å²) in [5.41, 5.74) is 0. The predicted octanol–water partition coefficient (Wildman–Crippen LogP) is -1.14. The average molecular weight is 386 g/mol. The van der Waals surface area contributed by atoms with Gasteiger partial charge in [0.2, 0.25) is 10.0 Å². The highest BCUT2D eigenvalue weighted by atomic mass is 32.2. The van der Waals surface area contributed by atoms with E-state index < -0.39 is 22.0 Å². The smallest absolute Gasteiger partial charge is 0.414 e. The van der Waals surface area contributed by atoms with Gasteiger partial charge in [0.25, 0.3) is 5.91 Å². The molecule has 26 heavy (non-hydrogen) atoms. The van der Waals surface area contributed by atoms with Crippen molar-refractivity contribution in [2.45, 2.75) is 11.8 Å². The first-order valence-electron chi connectivity index (χ1n) is 8.31.